The predicted molar refractivity (Wildman–Crippen MR) is 63.9 cm³/mol. The van der Waals surface area contributed by atoms with Crippen LogP contribution in [0.5, 0.6) is 0 Å². The van der Waals surface area contributed by atoms with Crippen LogP contribution < -0.4 is 10.6 Å². The largest absolute Gasteiger partial charge is 0.406 e. The molecule has 1 aliphatic heterocycles. The number of rotatable bonds is 4. The Morgan fingerprint density at radius 2 is 2.00 bits per heavy atom. The van der Waals surface area contributed by atoms with Crippen molar-refractivity contribution in [3.8, 4) is 0 Å². The highest BCUT2D eigenvalue weighted by Crippen LogP contribution is 2.25. The first kappa shape index (κ1) is 12.3. The van der Waals surface area contributed by atoms with Gasteiger partial charge in [0.2, 0.25) is 5.89 Å². The number of anilines is 1. The van der Waals surface area contributed by atoms with Gasteiger partial charge in [-0.25, -0.2) is 0 Å². The Balaban J connectivity index is 2.00. The van der Waals surface area contributed by atoms with E-state index in [1.54, 1.807) is 0 Å². The highest BCUT2D eigenvalue weighted by molar-refractivity contribution is 5.24. The fraction of sp³-hybridized carbons (Fsp3) is 0.818. The number of nitrogens with zero attached hydrogens (tertiary/aromatic N) is 2. The SMILES string of the molecule is CNC(C)c1nnc(NC2(C)CCOCC2)o1. The molecule has 0 aromatic carbocycles. The summed E-state index contributed by atoms with van der Waals surface area (Å²) < 4.78 is 10.9. The first-order valence-corrected chi connectivity index (χ1v) is 5.99. The van der Waals surface area contributed by atoms with Crippen molar-refractivity contribution in [2.24, 2.45) is 0 Å². The number of hydrogen-bond acceptors (Lipinski definition) is 6. The second-order valence-corrected chi connectivity index (χ2v) is 4.75. The molecule has 96 valence electrons. The van der Waals surface area contributed by atoms with E-state index in [4.69, 9.17) is 9.15 Å². The lowest BCUT2D eigenvalue weighted by Gasteiger charge is -2.33. The Bertz CT molecular complexity index is 360. The van der Waals surface area contributed by atoms with Crippen molar-refractivity contribution >= 4 is 6.01 Å². The van der Waals surface area contributed by atoms with Crippen LogP contribution in [0.1, 0.15) is 38.6 Å². The Morgan fingerprint density at radius 1 is 1.29 bits per heavy atom. The number of aromatic nitrogens is 2. The van der Waals surface area contributed by atoms with E-state index in [0.717, 1.165) is 26.1 Å². The fourth-order valence-corrected chi connectivity index (χ4v) is 1.79. The normalized spacial score (nSPS) is 21.1. The van der Waals surface area contributed by atoms with Gasteiger partial charge in [-0.1, -0.05) is 5.10 Å². The average Bonchev–Trinajstić information content (AvgIpc) is 2.76. The molecule has 0 saturated carbocycles. The number of ether oxygens (including phenoxy) is 1. The maximum Gasteiger partial charge on any atom is 0.315 e. The Morgan fingerprint density at radius 3 is 2.65 bits per heavy atom. The molecule has 2 N–H and O–H groups in total. The highest BCUT2D eigenvalue weighted by atomic mass is 16.5. The zero-order valence-electron chi connectivity index (χ0n) is 10.6. The Hall–Kier alpha value is -1.14. The molecule has 1 saturated heterocycles. The van der Waals surface area contributed by atoms with Crippen LogP contribution in [0, 0.1) is 0 Å². The van der Waals surface area contributed by atoms with Crippen molar-refractivity contribution in [3.05, 3.63) is 5.89 Å². The molecule has 1 aromatic rings. The van der Waals surface area contributed by atoms with E-state index in [1.807, 2.05) is 14.0 Å². The minimum Gasteiger partial charge on any atom is -0.406 e. The number of hydrogen-bond donors (Lipinski definition) is 2. The fourth-order valence-electron chi connectivity index (χ4n) is 1.79. The molecule has 6 heteroatoms. The van der Waals surface area contributed by atoms with Crippen molar-refractivity contribution in [2.75, 3.05) is 25.6 Å². The molecule has 17 heavy (non-hydrogen) atoms. The van der Waals surface area contributed by atoms with Gasteiger partial charge in [0.1, 0.15) is 0 Å². The van der Waals surface area contributed by atoms with Gasteiger partial charge >= 0.3 is 6.01 Å². The van der Waals surface area contributed by atoms with Crippen molar-refractivity contribution < 1.29 is 9.15 Å². The van der Waals surface area contributed by atoms with Gasteiger partial charge in [0.25, 0.3) is 0 Å². The summed E-state index contributed by atoms with van der Waals surface area (Å²) in [5.74, 6) is 0.602. The lowest BCUT2D eigenvalue weighted by molar-refractivity contribution is 0.0650. The van der Waals surface area contributed by atoms with Crippen LogP contribution in [0.3, 0.4) is 0 Å². The standard InChI is InChI=1S/C11H20N4O2/c1-8(12-3)9-14-15-10(17-9)13-11(2)4-6-16-7-5-11/h8,12H,4-7H2,1-3H3,(H,13,15). The Labute approximate surface area is 101 Å². The van der Waals surface area contributed by atoms with E-state index in [0.29, 0.717) is 11.9 Å². The molecule has 0 amide bonds. The van der Waals surface area contributed by atoms with Gasteiger partial charge in [-0.2, -0.15) is 0 Å². The van der Waals surface area contributed by atoms with Gasteiger partial charge in [-0.3, -0.25) is 0 Å². The first-order chi connectivity index (χ1) is 8.13. The molecular weight excluding hydrogens is 220 g/mol. The van der Waals surface area contributed by atoms with E-state index in [2.05, 4.69) is 27.8 Å². The van der Waals surface area contributed by atoms with E-state index in [1.165, 1.54) is 0 Å². The van der Waals surface area contributed by atoms with Crippen LogP contribution in [0.4, 0.5) is 6.01 Å². The summed E-state index contributed by atoms with van der Waals surface area (Å²) in [5, 5.41) is 14.4. The molecular formula is C11H20N4O2. The van der Waals surface area contributed by atoms with Crippen molar-refractivity contribution in [1.82, 2.24) is 15.5 Å². The molecule has 1 fully saturated rings. The molecule has 1 atom stereocenters. The quantitative estimate of drug-likeness (QED) is 0.827. The molecule has 2 rings (SSSR count). The molecule has 1 unspecified atom stereocenters. The molecule has 1 aliphatic rings. The third kappa shape index (κ3) is 2.95. The summed E-state index contributed by atoms with van der Waals surface area (Å²) in [6.07, 6.45) is 1.90. The van der Waals surface area contributed by atoms with Crippen LogP contribution in [0.15, 0.2) is 4.42 Å². The van der Waals surface area contributed by atoms with E-state index < -0.39 is 0 Å². The molecule has 0 aliphatic carbocycles. The zero-order chi connectivity index (χ0) is 12.3. The van der Waals surface area contributed by atoms with Crippen molar-refractivity contribution in [2.45, 2.75) is 38.3 Å². The third-order valence-corrected chi connectivity index (χ3v) is 3.25. The minimum absolute atomic E-state index is 0.00899. The smallest absolute Gasteiger partial charge is 0.315 e. The summed E-state index contributed by atoms with van der Waals surface area (Å²) in [6.45, 7) is 5.68. The van der Waals surface area contributed by atoms with Crippen LogP contribution in [0.2, 0.25) is 0 Å². The molecule has 2 heterocycles. The van der Waals surface area contributed by atoms with Gasteiger partial charge in [-0.15, -0.1) is 5.10 Å². The monoisotopic (exact) mass is 240 g/mol. The van der Waals surface area contributed by atoms with Gasteiger partial charge in [0.05, 0.1) is 6.04 Å². The van der Waals surface area contributed by atoms with Crippen molar-refractivity contribution in [3.63, 3.8) is 0 Å². The summed E-state index contributed by atoms with van der Waals surface area (Å²) in [6, 6.07) is 0.562. The molecule has 1 aromatic heterocycles. The molecule has 0 radical (unpaired) electrons. The van der Waals surface area contributed by atoms with Crippen LogP contribution in [-0.2, 0) is 4.74 Å². The van der Waals surface area contributed by atoms with E-state index in [9.17, 15) is 0 Å². The first-order valence-electron chi connectivity index (χ1n) is 5.99. The molecule has 6 nitrogen and oxygen atoms in total. The van der Waals surface area contributed by atoms with Crippen LogP contribution in [0.25, 0.3) is 0 Å². The maximum atomic E-state index is 5.57. The summed E-state index contributed by atoms with van der Waals surface area (Å²) in [7, 11) is 1.86. The molecule has 0 bridgehead atoms. The van der Waals surface area contributed by atoms with E-state index >= 15 is 0 Å². The zero-order valence-corrected chi connectivity index (χ0v) is 10.6. The minimum atomic E-state index is -0.00899. The van der Waals surface area contributed by atoms with E-state index in [-0.39, 0.29) is 11.6 Å². The lowest BCUT2D eigenvalue weighted by atomic mass is 9.93. The summed E-state index contributed by atoms with van der Waals surface area (Å²) >= 11 is 0. The second kappa shape index (κ2) is 5.01. The van der Waals surface area contributed by atoms with Gasteiger partial charge in [-0.05, 0) is 33.7 Å². The maximum absolute atomic E-state index is 5.57. The second-order valence-electron chi connectivity index (χ2n) is 4.75. The van der Waals surface area contributed by atoms with Gasteiger partial charge in [0.15, 0.2) is 0 Å². The lowest BCUT2D eigenvalue weighted by Crippen LogP contribution is -2.40. The summed E-state index contributed by atoms with van der Waals surface area (Å²) in [5.41, 5.74) is -0.00899. The predicted octanol–water partition coefficient (Wildman–Crippen LogP) is 1.33. The topological polar surface area (TPSA) is 72.2 Å². The van der Waals surface area contributed by atoms with Crippen molar-refractivity contribution in [1.29, 1.82) is 0 Å². The van der Waals surface area contributed by atoms with Crippen LogP contribution >= 0.6 is 0 Å². The molecule has 0 spiro atoms. The van der Waals surface area contributed by atoms with Gasteiger partial charge < -0.3 is 19.8 Å². The number of nitrogens with one attached hydrogen (secondary N) is 2. The summed E-state index contributed by atoms with van der Waals surface area (Å²) in [4.78, 5) is 0. The highest BCUT2D eigenvalue weighted by Gasteiger charge is 2.29. The van der Waals surface area contributed by atoms with Gasteiger partial charge in [0, 0.05) is 18.8 Å². The Kier molecular flexibility index (Phi) is 3.63. The van der Waals surface area contributed by atoms with Crippen LogP contribution in [-0.4, -0.2) is 36.0 Å². The average molecular weight is 240 g/mol. The third-order valence-electron chi connectivity index (χ3n) is 3.25.